The van der Waals surface area contributed by atoms with Crippen LogP contribution < -0.4 is 0 Å². The molecule has 4 heteroatoms. The van der Waals surface area contributed by atoms with Gasteiger partial charge < -0.3 is 14.5 Å². The summed E-state index contributed by atoms with van der Waals surface area (Å²) in [6.07, 6.45) is 4.67. The van der Waals surface area contributed by atoms with Crippen LogP contribution in [0.2, 0.25) is 0 Å². The molecule has 2 heterocycles. The van der Waals surface area contributed by atoms with E-state index in [-0.39, 0.29) is 6.09 Å². The number of rotatable bonds is 0. The van der Waals surface area contributed by atoms with E-state index in [1.807, 2.05) is 25.7 Å². The summed E-state index contributed by atoms with van der Waals surface area (Å²) in [5.74, 6) is 0. The molecule has 2 aliphatic heterocycles. The number of ether oxygens (including phenoxy) is 1. The number of amides is 1. The molecule has 0 unspecified atom stereocenters. The first-order valence-corrected chi connectivity index (χ1v) is 7.46. The van der Waals surface area contributed by atoms with Gasteiger partial charge in [0.05, 0.1) is 0 Å². The summed E-state index contributed by atoms with van der Waals surface area (Å²) in [5.41, 5.74) is -0.0455. The van der Waals surface area contributed by atoms with Crippen molar-refractivity contribution in [2.24, 2.45) is 5.41 Å². The van der Waals surface area contributed by atoms with Crippen LogP contribution in [0.25, 0.3) is 0 Å². The zero-order valence-electron chi connectivity index (χ0n) is 12.9. The van der Waals surface area contributed by atoms with Gasteiger partial charge in [0, 0.05) is 13.1 Å². The van der Waals surface area contributed by atoms with Gasteiger partial charge in [-0.2, -0.15) is 0 Å². The van der Waals surface area contributed by atoms with Crippen LogP contribution in [-0.2, 0) is 4.74 Å². The Bertz CT molecular complexity index is 328. The monoisotopic (exact) mass is 268 g/mol. The van der Waals surface area contributed by atoms with Crippen molar-refractivity contribution in [3.05, 3.63) is 0 Å². The SMILES string of the molecule is CN1CCC2(CCCN(C(=O)OC(C)(C)C)C2)CC1. The lowest BCUT2D eigenvalue weighted by Crippen LogP contribution is -2.51. The number of piperidine rings is 2. The van der Waals surface area contributed by atoms with Crippen LogP contribution in [0.5, 0.6) is 0 Å². The van der Waals surface area contributed by atoms with Gasteiger partial charge in [0.1, 0.15) is 5.60 Å². The maximum atomic E-state index is 12.2. The third kappa shape index (κ3) is 3.85. The molecule has 0 aromatic heterocycles. The molecule has 2 fully saturated rings. The zero-order chi connectivity index (χ0) is 14.1. The second kappa shape index (κ2) is 5.31. The Hall–Kier alpha value is -0.770. The average Bonchev–Trinajstić information content (AvgIpc) is 2.32. The Morgan fingerprint density at radius 1 is 1.11 bits per heavy atom. The number of nitrogens with zero attached hydrogens (tertiary/aromatic N) is 2. The highest BCUT2D eigenvalue weighted by Gasteiger charge is 2.39. The van der Waals surface area contributed by atoms with E-state index in [0.717, 1.165) is 32.6 Å². The number of carbonyl (C=O) groups excluding carboxylic acids is 1. The molecular weight excluding hydrogens is 240 g/mol. The van der Waals surface area contributed by atoms with Gasteiger partial charge in [0.15, 0.2) is 0 Å². The standard InChI is InChI=1S/C15H28N2O2/c1-14(2,3)19-13(18)17-9-5-6-15(12-17)7-10-16(4)11-8-15/h5-12H2,1-4H3. The number of carbonyl (C=O) groups is 1. The molecule has 1 amide bonds. The molecule has 110 valence electrons. The van der Waals surface area contributed by atoms with E-state index in [9.17, 15) is 4.79 Å². The Morgan fingerprint density at radius 2 is 1.74 bits per heavy atom. The van der Waals surface area contributed by atoms with Crippen LogP contribution in [0.15, 0.2) is 0 Å². The fourth-order valence-corrected chi connectivity index (χ4v) is 3.19. The summed E-state index contributed by atoms with van der Waals surface area (Å²) in [5, 5.41) is 0. The lowest BCUT2D eigenvalue weighted by atomic mass is 9.72. The normalized spacial score (nSPS) is 24.5. The van der Waals surface area contributed by atoms with Crippen LogP contribution in [0.1, 0.15) is 46.5 Å². The molecule has 0 saturated carbocycles. The van der Waals surface area contributed by atoms with Crippen LogP contribution >= 0.6 is 0 Å². The first-order chi connectivity index (χ1) is 8.80. The number of likely N-dealkylation sites (tertiary alicyclic amines) is 2. The summed E-state index contributed by atoms with van der Waals surface area (Å²) in [4.78, 5) is 16.5. The van der Waals surface area contributed by atoms with E-state index in [1.165, 1.54) is 19.3 Å². The molecule has 2 rings (SSSR count). The van der Waals surface area contributed by atoms with Crippen molar-refractivity contribution in [1.29, 1.82) is 0 Å². The van der Waals surface area contributed by atoms with Crippen molar-refractivity contribution in [3.8, 4) is 0 Å². The van der Waals surface area contributed by atoms with Crippen molar-refractivity contribution >= 4 is 6.09 Å². The second-order valence-electron chi connectivity index (χ2n) is 7.31. The largest absolute Gasteiger partial charge is 0.444 e. The van der Waals surface area contributed by atoms with Crippen LogP contribution in [0.4, 0.5) is 4.79 Å². The third-order valence-electron chi connectivity index (χ3n) is 4.36. The first kappa shape index (κ1) is 14.6. The van der Waals surface area contributed by atoms with Gasteiger partial charge >= 0.3 is 6.09 Å². The molecule has 2 saturated heterocycles. The van der Waals surface area contributed by atoms with Gasteiger partial charge in [-0.05, 0) is 72.0 Å². The highest BCUT2D eigenvalue weighted by atomic mass is 16.6. The Morgan fingerprint density at radius 3 is 2.32 bits per heavy atom. The topological polar surface area (TPSA) is 32.8 Å². The fourth-order valence-electron chi connectivity index (χ4n) is 3.19. The first-order valence-electron chi connectivity index (χ1n) is 7.46. The van der Waals surface area contributed by atoms with Gasteiger partial charge in [0.2, 0.25) is 0 Å². The predicted molar refractivity (Wildman–Crippen MR) is 76.2 cm³/mol. The number of hydrogen-bond donors (Lipinski definition) is 0. The molecule has 4 nitrogen and oxygen atoms in total. The molecule has 0 radical (unpaired) electrons. The molecule has 0 aromatic rings. The molecule has 0 bridgehead atoms. The lowest BCUT2D eigenvalue weighted by molar-refractivity contribution is -0.00920. The smallest absolute Gasteiger partial charge is 0.410 e. The van der Waals surface area contributed by atoms with Gasteiger partial charge in [-0.15, -0.1) is 0 Å². The van der Waals surface area contributed by atoms with Gasteiger partial charge in [-0.25, -0.2) is 4.79 Å². The Balaban J connectivity index is 1.95. The molecule has 0 N–H and O–H groups in total. The van der Waals surface area contributed by atoms with E-state index in [1.54, 1.807) is 0 Å². The summed E-state index contributed by atoms with van der Waals surface area (Å²) in [7, 11) is 2.18. The average molecular weight is 268 g/mol. The van der Waals surface area contributed by atoms with Crippen molar-refractivity contribution in [2.45, 2.75) is 52.1 Å². The van der Waals surface area contributed by atoms with Crippen molar-refractivity contribution in [1.82, 2.24) is 9.80 Å². The second-order valence-corrected chi connectivity index (χ2v) is 7.31. The van der Waals surface area contributed by atoms with E-state index in [2.05, 4.69) is 11.9 Å². The summed E-state index contributed by atoms with van der Waals surface area (Å²) < 4.78 is 5.51. The van der Waals surface area contributed by atoms with E-state index < -0.39 is 5.60 Å². The van der Waals surface area contributed by atoms with E-state index in [4.69, 9.17) is 4.74 Å². The van der Waals surface area contributed by atoms with Crippen LogP contribution in [0.3, 0.4) is 0 Å². The van der Waals surface area contributed by atoms with E-state index in [0.29, 0.717) is 5.41 Å². The Kier molecular flexibility index (Phi) is 4.09. The zero-order valence-corrected chi connectivity index (χ0v) is 12.9. The quantitative estimate of drug-likeness (QED) is 0.677. The van der Waals surface area contributed by atoms with Gasteiger partial charge in [0.25, 0.3) is 0 Å². The molecule has 0 atom stereocenters. The molecule has 2 aliphatic rings. The summed E-state index contributed by atoms with van der Waals surface area (Å²) in [6, 6.07) is 0. The predicted octanol–water partition coefficient (Wildman–Crippen LogP) is 2.73. The minimum atomic E-state index is -0.394. The molecular formula is C15H28N2O2. The third-order valence-corrected chi connectivity index (χ3v) is 4.36. The van der Waals surface area contributed by atoms with Crippen molar-refractivity contribution < 1.29 is 9.53 Å². The number of hydrogen-bond acceptors (Lipinski definition) is 3. The molecule has 0 aliphatic carbocycles. The van der Waals surface area contributed by atoms with Gasteiger partial charge in [-0.1, -0.05) is 0 Å². The highest BCUT2D eigenvalue weighted by Crippen LogP contribution is 2.39. The molecule has 19 heavy (non-hydrogen) atoms. The summed E-state index contributed by atoms with van der Waals surface area (Å²) in [6.45, 7) is 9.84. The maximum absolute atomic E-state index is 12.2. The fraction of sp³-hybridized carbons (Fsp3) is 0.933. The van der Waals surface area contributed by atoms with Crippen LogP contribution in [-0.4, -0.2) is 54.7 Å². The van der Waals surface area contributed by atoms with Crippen LogP contribution in [0, 0.1) is 5.41 Å². The minimum Gasteiger partial charge on any atom is -0.444 e. The molecule has 0 aromatic carbocycles. The van der Waals surface area contributed by atoms with Gasteiger partial charge in [-0.3, -0.25) is 0 Å². The molecule has 1 spiro atoms. The maximum Gasteiger partial charge on any atom is 0.410 e. The highest BCUT2D eigenvalue weighted by molar-refractivity contribution is 5.68. The van der Waals surface area contributed by atoms with Crippen molar-refractivity contribution in [2.75, 3.05) is 33.2 Å². The lowest BCUT2D eigenvalue weighted by Gasteiger charge is -2.47. The van der Waals surface area contributed by atoms with E-state index >= 15 is 0 Å². The summed E-state index contributed by atoms with van der Waals surface area (Å²) >= 11 is 0. The minimum absolute atomic E-state index is 0.134. The Labute approximate surface area is 117 Å². The van der Waals surface area contributed by atoms with Crippen molar-refractivity contribution in [3.63, 3.8) is 0 Å².